The SMILES string of the molecule is CC1CC1CNCc1ccc(Br)cc1[N+](=O)[O-]. The van der Waals surface area contributed by atoms with Crippen LogP contribution in [0.1, 0.15) is 18.9 Å². The number of rotatable bonds is 5. The summed E-state index contributed by atoms with van der Waals surface area (Å²) >= 11 is 3.25. The van der Waals surface area contributed by atoms with E-state index in [0.29, 0.717) is 6.54 Å². The van der Waals surface area contributed by atoms with Crippen molar-refractivity contribution in [2.24, 2.45) is 11.8 Å². The first-order valence-corrected chi connectivity index (χ1v) is 6.50. The van der Waals surface area contributed by atoms with Gasteiger partial charge in [-0.25, -0.2) is 0 Å². The first-order valence-electron chi connectivity index (χ1n) is 5.71. The lowest BCUT2D eigenvalue weighted by molar-refractivity contribution is -0.385. The summed E-state index contributed by atoms with van der Waals surface area (Å²) in [6.07, 6.45) is 1.27. The molecule has 1 aromatic carbocycles. The van der Waals surface area contributed by atoms with Crippen molar-refractivity contribution < 1.29 is 4.92 Å². The lowest BCUT2D eigenvalue weighted by Crippen LogP contribution is -2.17. The highest BCUT2D eigenvalue weighted by Gasteiger charge is 2.31. The van der Waals surface area contributed by atoms with E-state index in [4.69, 9.17) is 0 Å². The molecule has 1 fully saturated rings. The van der Waals surface area contributed by atoms with Gasteiger partial charge in [-0.3, -0.25) is 10.1 Å². The molecular formula is C12H15BrN2O2. The van der Waals surface area contributed by atoms with E-state index in [9.17, 15) is 10.1 Å². The van der Waals surface area contributed by atoms with Gasteiger partial charge in [0.25, 0.3) is 5.69 Å². The Morgan fingerprint density at radius 1 is 1.59 bits per heavy atom. The largest absolute Gasteiger partial charge is 0.312 e. The molecule has 0 heterocycles. The molecule has 1 aromatic rings. The molecule has 4 nitrogen and oxygen atoms in total. The summed E-state index contributed by atoms with van der Waals surface area (Å²) in [7, 11) is 0. The highest BCUT2D eigenvalue weighted by atomic mass is 79.9. The first-order chi connectivity index (χ1) is 8.08. The second kappa shape index (κ2) is 5.14. The zero-order valence-electron chi connectivity index (χ0n) is 9.65. The average molecular weight is 299 g/mol. The summed E-state index contributed by atoms with van der Waals surface area (Å²) in [6, 6.07) is 5.19. The van der Waals surface area contributed by atoms with Crippen molar-refractivity contribution in [3.8, 4) is 0 Å². The summed E-state index contributed by atoms with van der Waals surface area (Å²) in [5.74, 6) is 1.56. The van der Waals surface area contributed by atoms with Crippen molar-refractivity contribution in [2.45, 2.75) is 19.9 Å². The second-order valence-corrected chi connectivity index (χ2v) is 5.55. The van der Waals surface area contributed by atoms with Crippen LogP contribution in [0.3, 0.4) is 0 Å². The summed E-state index contributed by atoms with van der Waals surface area (Å²) in [4.78, 5) is 10.6. The molecule has 2 rings (SSSR count). The minimum absolute atomic E-state index is 0.177. The van der Waals surface area contributed by atoms with Gasteiger partial charge in [-0.1, -0.05) is 22.9 Å². The Hall–Kier alpha value is -0.940. The van der Waals surface area contributed by atoms with Crippen LogP contribution >= 0.6 is 15.9 Å². The van der Waals surface area contributed by atoms with Gasteiger partial charge >= 0.3 is 0 Å². The lowest BCUT2D eigenvalue weighted by atomic mass is 10.2. The maximum Gasteiger partial charge on any atom is 0.275 e. The number of hydrogen-bond acceptors (Lipinski definition) is 3. The number of benzene rings is 1. The fourth-order valence-corrected chi connectivity index (χ4v) is 2.28. The average Bonchev–Trinajstić information content (AvgIpc) is 2.96. The van der Waals surface area contributed by atoms with Crippen molar-refractivity contribution in [1.82, 2.24) is 5.32 Å². The topological polar surface area (TPSA) is 55.2 Å². The summed E-state index contributed by atoms with van der Waals surface area (Å²) in [5.41, 5.74) is 0.919. The number of halogens is 1. The minimum Gasteiger partial charge on any atom is -0.312 e. The van der Waals surface area contributed by atoms with E-state index in [-0.39, 0.29) is 10.6 Å². The highest BCUT2D eigenvalue weighted by molar-refractivity contribution is 9.10. The Kier molecular flexibility index (Phi) is 3.79. The Morgan fingerprint density at radius 2 is 2.29 bits per heavy atom. The minimum atomic E-state index is -0.332. The third-order valence-electron chi connectivity index (χ3n) is 3.24. The predicted molar refractivity (Wildman–Crippen MR) is 69.8 cm³/mol. The van der Waals surface area contributed by atoms with Gasteiger partial charge < -0.3 is 5.32 Å². The third-order valence-corrected chi connectivity index (χ3v) is 3.74. The fourth-order valence-electron chi connectivity index (χ4n) is 1.93. The van der Waals surface area contributed by atoms with Gasteiger partial charge in [-0.15, -0.1) is 0 Å². The van der Waals surface area contributed by atoms with Crippen molar-refractivity contribution in [2.75, 3.05) is 6.54 Å². The molecule has 1 aliphatic rings. The molecule has 2 atom stereocenters. The maximum atomic E-state index is 10.9. The number of hydrogen-bond donors (Lipinski definition) is 1. The molecule has 0 saturated heterocycles. The van der Waals surface area contributed by atoms with Gasteiger partial charge in [-0.2, -0.15) is 0 Å². The molecule has 5 heteroatoms. The molecule has 1 N–H and O–H groups in total. The molecule has 92 valence electrons. The van der Waals surface area contributed by atoms with Gasteiger partial charge in [0.05, 0.1) is 4.92 Å². The van der Waals surface area contributed by atoms with E-state index in [1.165, 1.54) is 6.42 Å². The molecule has 1 aliphatic carbocycles. The van der Waals surface area contributed by atoms with Gasteiger partial charge in [0.1, 0.15) is 0 Å². The van der Waals surface area contributed by atoms with E-state index in [1.54, 1.807) is 12.1 Å². The number of nitro groups is 1. The van der Waals surface area contributed by atoms with Crippen molar-refractivity contribution in [3.05, 3.63) is 38.3 Å². The lowest BCUT2D eigenvalue weighted by Gasteiger charge is -2.05. The Bertz CT molecular complexity index is 437. The monoisotopic (exact) mass is 298 g/mol. The van der Waals surface area contributed by atoms with Crippen LogP contribution in [0, 0.1) is 22.0 Å². The van der Waals surface area contributed by atoms with E-state index in [2.05, 4.69) is 28.2 Å². The zero-order chi connectivity index (χ0) is 12.4. The van der Waals surface area contributed by atoms with Crippen LogP contribution in [-0.4, -0.2) is 11.5 Å². The van der Waals surface area contributed by atoms with Crippen molar-refractivity contribution in [1.29, 1.82) is 0 Å². The Morgan fingerprint density at radius 3 is 2.88 bits per heavy atom. The van der Waals surface area contributed by atoms with Gasteiger partial charge in [0.15, 0.2) is 0 Å². The number of nitrogens with one attached hydrogen (secondary N) is 1. The molecule has 2 unspecified atom stereocenters. The highest BCUT2D eigenvalue weighted by Crippen LogP contribution is 2.36. The first kappa shape index (κ1) is 12.5. The molecule has 0 bridgehead atoms. The normalized spacial score (nSPS) is 22.5. The van der Waals surface area contributed by atoms with Crippen LogP contribution in [0.4, 0.5) is 5.69 Å². The molecule has 0 radical (unpaired) electrons. The molecular weight excluding hydrogens is 284 g/mol. The summed E-state index contributed by atoms with van der Waals surface area (Å²) < 4.78 is 0.740. The van der Waals surface area contributed by atoms with E-state index in [1.807, 2.05) is 6.07 Å². The van der Waals surface area contributed by atoms with Crippen molar-refractivity contribution >= 4 is 21.6 Å². The molecule has 0 aliphatic heterocycles. The smallest absolute Gasteiger partial charge is 0.275 e. The second-order valence-electron chi connectivity index (χ2n) is 4.63. The maximum absolute atomic E-state index is 10.9. The molecule has 1 saturated carbocycles. The van der Waals surface area contributed by atoms with Crippen LogP contribution in [0.15, 0.2) is 22.7 Å². The molecule has 0 spiro atoms. The van der Waals surface area contributed by atoms with Crippen LogP contribution in [0.25, 0.3) is 0 Å². The van der Waals surface area contributed by atoms with Crippen LogP contribution in [-0.2, 0) is 6.54 Å². The number of nitro benzene ring substituents is 1. The fraction of sp³-hybridized carbons (Fsp3) is 0.500. The quantitative estimate of drug-likeness (QED) is 0.671. The molecule has 0 aromatic heterocycles. The van der Waals surface area contributed by atoms with Crippen molar-refractivity contribution in [3.63, 3.8) is 0 Å². The van der Waals surface area contributed by atoms with Crippen LogP contribution in [0.2, 0.25) is 0 Å². The van der Waals surface area contributed by atoms with Crippen LogP contribution < -0.4 is 5.32 Å². The zero-order valence-corrected chi connectivity index (χ0v) is 11.2. The van der Waals surface area contributed by atoms with Crippen LogP contribution in [0.5, 0.6) is 0 Å². The summed E-state index contributed by atoms with van der Waals surface area (Å²) in [5, 5.41) is 14.2. The van der Waals surface area contributed by atoms with E-state index >= 15 is 0 Å². The summed E-state index contributed by atoms with van der Waals surface area (Å²) in [6.45, 7) is 3.75. The standard InChI is InChI=1S/C12H15BrN2O2/c1-8-4-10(8)7-14-6-9-2-3-11(13)5-12(9)15(16)17/h2-3,5,8,10,14H,4,6-7H2,1H3. The van der Waals surface area contributed by atoms with Gasteiger partial charge in [-0.05, 0) is 36.9 Å². The number of nitrogens with zero attached hydrogens (tertiary/aromatic N) is 1. The molecule has 0 amide bonds. The predicted octanol–water partition coefficient (Wildman–Crippen LogP) is 3.10. The third kappa shape index (κ3) is 3.26. The Labute approximate surface area is 109 Å². The van der Waals surface area contributed by atoms with E-state index in [0.717, 1.165) is 28.4 Å². The Balaban J connectivity index is 1.96. The van der Waals surface area contributed by atoms with E-state index < -0.39 is 0 Å². The van der Waals surface area contributed by atoms with Gasteiger partial charge in [0.2, 0.25) is 0 Å². The van der Waals surface area contributed by atoms with Gasteiger partial charge in [0, 0.05) is 22.6 Å². The molecule has 17 heavy (non-hydrogen) atoms.